The van der Waals surface area contributed by atoms with E-state index in [9.17, 15) is 22.8 Å². The first-order valence-corrected chi connectivity index (χ1v) is 14.1. The molecular formula is C25H23ClN8O6S. The Morgan fingerprint density at radius 3 is 2.46 bits per heavy atom. The second kappa shape index (κ2) is 12.1. The number of carboxylic acid groups (broad SMARTS) is 1. The molecule has 14 nitrogen and oxygen atoms in total. The fourth-order valence-electron chi connectivity index (χ4n) is 3.82. The van der Waals surface area contributed by atoms with Crippen LogP contribution in [0.5, 0.6) is 0 Å². The first kappa shape index (κ1) is 29.1. The molecule has 0 spiro atoms. The van der Waals surface area contributed by atoms with Crippen molar-refractivity contribution in [1.29, 1.82) is 0 Å². The molecule has 4 rings (SSSR count). The van der Waals surface area contributed by atoms with Gasteiger partial charge in [-0.05, 0) is 65.0 Å². The molecule has 212 valence electrons. The molecule has 1 atom stereocenters. The zero-order valence-electron chi connectivity index (χ0n) is 21.6. The van der Waals surface area contributed by atoms with Gasteiger partial charge < -0.3 is 15.7 Å². The molecule has 4 aromatic rings. The second-order valence-corrected chi connectivity index (χ2v) is 11.2. The number of aromatic carboxylic acids is 1. The number of carbonyl (C=O) groups is 3. The van der Waals surface area contributed by atoms with E-state index in [1.165, 1.54) is 65.2 Å². The molecule has 0 aliphatic carbocycles. The van der Waals surface area contributed by atoms with Gasteiger partial charge in [0.2, 0.25) is 11.8 Å². The lowest BCUT2D eigenvalue weighted by Gasteiger charge is -2.17. The van der Waals surface area contributed by atoms with E-state index in [2.05, 4.69) is 31.3 Å². The molecule has 0 aliphatic heterocycles. The number of aryl methyl sites for hydroxylation is 1. The summed E-state index contributed by atoms with van der Waals surface area (Å²) < 4.78 is 26.7. The van der Waals surface area contributed by atoms with Crippen LogP contribution in [-0.4, -0.2) is 73.6 Å². The largest absolute Gasteiger partial charge is 0.478 e. The van der Waals surface area contributed by atoms with Crippen LogP contribution in [0.25, 0.3) is 11.8 Å². The minimum absolute atomic E-state index is 0.0295. The van der Waals surface area contributed by atoms with Crippen LogP contribution in [0.1, 0.15) is 21.6 Å². The maximum absolute atomic E-state index is 13.2. The minimum atomic E-state index is -3.59. The van der Waals surface area contributed by atoms with Gasteiger partial charge in [0.15, 0.2) is 14.9 Å². The summed E-state index contributed by atoms with van der Waals surface area (Å²) in [5.41, 5.74) is 1.63. The molecule has 0 aliphatic rings. The van der Waals surface area contributed by atoms with E-state index in [0.717, 1.165) is 6.26 Å². The van der Waals surface area contributed by atoms with Crippen LogP contribution >= 0.6 is 11.6 Å². The Balaban J connectivity index is 1.58. The highest BCUT2D eigenvalue weighted by atomic mass is 35.5. The fourth-order valence-corrected chi connectivity index (χ4v) is 4.87. The number of nitrogens with one attached hydrogen (secondary N) is 2. The van der Waals surface area contributed by atoms with Crippen molar-refractivity contribution in [2.24, 2.45) is 7.05 Å². The minimum Gasteiger partial charge on any atom is -0.478 e. The van der Waals surface area contributed by atoms with Gasteiger partial charge in [0.05, 0.1) is 16.9 Å². The van der Waals surface area contributed by atoms with E-state index >= 15 is 0 Å². The number of carboxylic acids is 1. The number of aromatic nitrogens is 6. The number of rotatable bonds is 10. The van der Waals surface area contributed by atoms with Gasteiger partial charge in [-0.2, -0.15) is 9.78 Å². The summed E-state index contributed by atoms with van der Waals surface area (Å²) in [5, 5.41) is 29.9. The summed E-state index contributed by atoms with van der Waals surface area (Å²) in [6.07, 6.45) is 4.93. The van der Waals surface area contributed by atoms with Crippen LogP contribution in [-0.2, 0) is 32.9 Å². The van der Waals surface area contributed by atoms with Gasteiger partial charge in [-0.3, -0.25) is 14.3 Å². The first-order chi connectivity index (χ1) is 19.4. The molecular weight excluding hydrogens is 576 g/mol. The van der Waals surface area contributed by atoms with Crippen molar-refractivity contribution in [2.75, 3.05) is 11.6 Å². The summed E-state index contributed by atoms with van der Waals surface area (Å²) in [6, 6.07) is 10.5. The van der Waals surface area contributed by atoms with Crippen molar-refractivity contribution >= 4 is 51.0 Å². The molecule has 2 amide bonds. The average Bonchev–Trinajstić information content (AvgIpc) is 3.57. The van der Waals surface area contributed by atoms with Gasteiger partial charge in [0.25, 0.3) is 0 Å². The van der Waals surface area contributed by atoms with E-state index in [-0.39, 0.29) is 28.4 Å². The molecule has 2 heterocycles. The molecule has 1 unspecified atom stereocenters. The lowest BCUT2D eigenvalue weighted by molar-refractivity contribution is -0.123. The monoisotopic (exact) mass is 598 g/mol. The smallest absolute Gasteiger partial charge is 0.335 e. The highest BCUT2D eigenvalue weighted by Crippen LogP contribution is 2.20. The maximum Gasteiger partial charge on any atom is 0.335 e. The molecule has 2 aromatic heterocycles. The van der Waals surface area contributed by atoms with Crippen LogP contribution in [0.3, 0.4) is 0 Å². The van der Waals surface area contributed by atoms with Crippen molar-refractivity contribution < 1.29 is 27.9 Å². The third-order valence-electron chi connectivity index (χ3n) is 5.71. The first-order valence-electron chi connectivity index (χ1n) is 11.8. The molecule has 0 saturated heterocycles. The summed E-state index contributed by atoms with van der Waals surface area (Å²) in [4.78, 5) is 37.3. The Bertz CT molecular complexity index is 1730. The van der Waals surface area contributed by atoms with E-state index in [1.807, 2.05) is 0 Å². The molecule has 0 fully saturated rings. The van der Waals surface area contributed by atoms with E-state index < -0.39 is 33.7 Å². The lowest BCUT2D eigenvalue weighted by atomic mass is 10.1. The molecule has 41 heavy (non-hydrogen) atoms. The van der Waals surface area contributed by atoms with Gasteiger partial charge in [-0.15, -0.1) is 5.10 Å². The standard InChI is InChI=1S/C25H23ClN8O6S/c1-33-23(41(2,39)40)13-19(30-33)12-20(24(36)28-18-7-3-15(4-8-18)25(37)38)29-22(35)10-5-16-11-17(26)6-9-21(16)34-14-27-31-32-34/h3-11,13-14,20H,12H2,1-2H3,(H,28,36)(H,29,35)(H,37,38). The van der Waals surface area contributed by atoms with Gasteiger partial charge >= 0.3 is 5.97 Å². The van der Waals surface area contributed by atoms with Crippen LogP contribution in [0, 0.1) is 0 Å². The SMILES string of the molecule is Cn1nc(CC(NC(=O)C=Cc2cc(Cl)ccc2-n2cnnn2)C(=O)Nc2ccc(C(=O)O)cc2)cc1S(C)(=O)=O. The maximum atomic E-state index is 13.2. The Kier molecular flexibility index (Phi) is 8.59. The summed E-state index contributed by atoms with van der Waals surface area (Å²) in [5.74, 6) is -2.41. The summed E-state index contributed by atoms with van der Waals surface area (Å²) >= 11 is 6.13. The van der Waals surface area contributed by atoms with Gasteiger partial charge in [0, 0.05) is 42.1 Å². The summed E-state index contributed by atoms with van der Waals surface area (Å²) in [7, 11) is -2.14. The second-order valence-electron chi connectivity index (χ2n) is 8.80. The quantitative estimate of drug-likeness (QED) is 0.226. The third kappa shape index (κ3) is 7.40. The Morgan fingerprint density at radius 2 is 1.85 bits per heavy atom. The lowest BCUT2D eigenvalue weighted by Crippen LogP contribution is -2.44. The molecule has 0 radical (unpaired) electrons. The van der Waals surface area contributed by atoms with Gasteiger partial charge in [-0.1, -0.05) is 11.6 Å². The highest BCUT2D eigenvalue weighted by Gasteiger charge is 2.24. The topological polar surface area (TPSA) is 191 Å². The summed E-state index contributed by atoms with van der Waals surface area (Å²) in [6.45, 7) is 0. The number of halogens is 1. The fraction of sp³-hybridized carbons (Fsp3) is 0.160. The predicted octanol–water partition coefficient (Wildman–Crippen LogP) is 1.53. The number of hydrogen-bond acceptors (Lipinski definition) is 9. The van der Waals surface area contributed by atoms with Crippen LogP contribution in [0.4, 0.5) is 5.69 Å². The number of carbonyl (C=O) groups excluding carboxylic acids is 2. The zero-order chi connectivity index (χ0) is 29.7. The Morgan fingerprint density at radius 1 is 1.12 bits per heavy atom. The number of sulfone groups is 1. The number of hydrogen-bond donors (Lipinski definition) is 3. The van der Waals surface area contributed by atoms with E-state index in [0.29, 0.717) is 16.3 Å². The molecule has 3 N–H and O–H groups in total. The predicted molar refractivity (Wildman–Crippen MR) is 147 cm³/mol. The number of tetrazole rings is 1. The molecule has 0 saturated carbocycles. The van der Waals surface area contributed by atoms with Crippen molar-refractivity contribution in [3.05, 3.63) is 82.8 Å². The average molecular weight is 599 g/mol. The third-order valence-corrected chi connectivity index (χ3v) is 7.09. The number of nitrogens with zero attached hydrogens (tertiary/aromatic N) is 6. The van der Waals surface area contributed by atoms with Gasteiger partial charge in [-0.25, -0.2) is 13.2 Å². The van der Waals surface area contributed by atoms with Crippen LogP contribution < -0.4 is 10.6 Å². The van der Waals surface area contributed by atoms with Crippen molar-refractivity contribution in [3.8, 4) is 5.69 Å². The van der Waals surface area contributed by atoms with Crippen LogP contribution in [0.15, 0.2) is 66.0 Å². The van der Waals surface area contributed by atoms with Crippen molar-refractivity contribution in [1.82, 2.24) is 35.3 Å². The normalized spacial score (nSPS) is 12.3. The van der Waals surface area contributed by atoms with E-state index in [1.54, 1.807) is 18.2 Å². The van der Waals surface area contributed by atoms with Gasteiger partial charge in [0.1, 0.15) is 12.4 Å². The van der Waals surface area contributed by atoms with Crippen molar-refractivity contribution in [3.63, 3.8) is 0 Å². The number of amides is 2. The number of anilines is 1. The Labute approximate surface area is 238 Å². The Hall–Kier alpha value is -4.89. The molecule has 2 aromatic carbocycles. The molecule has 16 heteroatoms. The van der Waals surface area contributed by atoms with Crippen LogP contribution in [0.2, 0.25) is 5.02 Å². The highest BCUT2D eigenvalue weighted by molar-refractivity contribution is 7.90. The zero-order valence-corrected chi connectivity index (χ0v) is 23.2. The van der Waals surface area contributed by atoms with Crippen molar-refractivity contribution in [2.45, 2.75) is 17.5 Å². The molecule has 0 bridgehead atoms. The number of benzene rings is 2. The van der Waals surface area contributed by atoms with E-state index in [4.69, 9.17) is 16.7 Å².